The zero-order valence-electron chi connectivity index (χ0n) is 12.1. The van der Waals surface area contributed by atoms with Crippen LogP contribution in [0.2, 0.25) is 0 Å². The van der Waals surface area contributed by atoms with Crippen molar-refractivity contribution < 1.29 is 14.7 Å². The van der Waals surface area contributed by atoms with Crippen molar-refractivity contribution in [2.45, 2.75) is 45.4 Å². The van der Waals surface area contributed by atoms with E-state index in [1.165, 1.54) is 0 Å². The summed E-state index contributed by atoms with van der Waals surface area (Å²) in [5.41, 5.74) is 5.80. The molecule has 0 radical (unpaired) electrons. The first-order valence-electron chi connectivity index (χ1n) is 7.21. The maximum atomic E-state index is 12.7. The number of carboxylic acids is 1. The van der Waals surface area contributed by atoms with Gasteiger partial charge in [0.05, 0.1) is 11.1 Å². The summed E-state index contributed by atoms with van der Waals surface area (Å²) < 4.78 is 4.02. The molecule has 1 aromatic rings. The number of carbonyl (C=O) groups excluding carboxylic acids is 1. The molecular formula is C14H21N3O3S. The van der Waals surface area contributed by atoms with Gasteiger partial charge in [-0.1, -0.05) is 25.7 Å². The summed E-state index contributed by atoms with van der Waals surface area (Å²) in [6.07, 6.45) is 5.73. The molecule has 1 aliphatic carbocycles. The molecule has 0 spiro atoms. The smallest absolute Gasteiger partial charge is 0.340 e. The monoisotopic (exact) mass is 311 g/mol. The van der Waals surface area contributed by atoms with Crippen LogP contribution in [0.15, 0.2) is 0 Å². The van der Waals surface area contributed by atoms with Crippen LogP contribution in [0.4, 0.5) is 5.00 Å². The van der Waals surface area contributed by atoms with Gasteiger partial charge in [-0.15, -0.1) is 0 Å². The van der Waals surface area contributed by atoms with Crippen molar-refractivity contribution in [3.63, 3.8) is 0 Å². The number of nitrogens with zero attached hydrogens (tertiary/aromatic N) is 1. The molecule has 7 heteroatoms. The third-order valence-electron chi connectivity index (χ3n) is 4.24. The second kappa shape index (κ2) is 6.53. The number of hydrogen-bond acceptors (Lipinski definition) is 5. The number of amides is 1. The first-order valence-corrected chi connectivity index (χ1v) is 7.98. The van der Waals surface area contributed by atoms with E-state index in [4.69, 9.17) is 5.73 Å². The second-order valence-corrected chi connectivity index (χ2v) is 6.40. The molecule has 1 aromatic heterocycles. The van der Waals surface area contributed by atoms with Gasteiger partial charge in [0.1, 0.15) is 10.6 Å². The Kier molecular flexibility index (Phi) is 4.95. The fourth-order valence-electron chi connectivity index (χ4n) is 2.87. The topological polar surface area (TPSA) is 105 Å². The highest BCUT2D eigenvalue weighted by Crippen LogP contribution is 2.36. The predicted molar refractivity (Wildman–Crippen MR) is 81.6 cm³/mol. The Hall–Kier alpha value is -1.47. The molecular weight excluding hydrogens is 290 g/mol. The lowest BCUT2D eigenvalue weighted by Crippen LogP contribution is -2.42. The zero-order valence-corrected chi connectivity index (χ0v) is 13.0. The maximum Gasteiger partial charge on any atom is 0.340 e. The molecule has 116 valence electrons. The van der Waals surface area contributed by atoms with E-state index in [1.54, 1.807) is 6.92 Å². The summed E-state index contributed by atoms with van der Waals surface area (Å²) >= 11 is 1.01. The van der Waals surface area contributed by atoms with Gasteiger partial charge in [-0.05, 0) is 31.3 Å². The van der Waals surface area contributed by atoms with Gasteiger partial charge in [-0.25, -0.2) is 4.79 Å². The number of nitrogens with two attached hydrogens (primary N) is 1. The molecule has 0 unspecified atom stereocenters. The van der Waals surface area contributed by atoms with E-state index in [9.17, 15) is 14.7 Å². The number of rotatable bonds is 4. The first-order chi connectivity index (χ1) is 10.00. The molecule has 1 aliphatic rings. The SMILES string of the molecule is Cc1nsc(NC(=O)C2(CN)CCCCCC2)c1C(=O)O. The van der Waals surface area contributed by atoms with Crippen LogP contribution in [0.5, 0.6) is 0 Å². The Morgan fingerprint density at radius 3 is 2.48 bits per heavy atom. The van der Waals surface area contributed by atoms with E-state index in [-0.39, 0.29) is 11.5 Å². The average molecular weight is 311 g/mol. The number of aryl methyl sites for hydroxylation is 1. The first kappa shape index (κ1) is 15.9. The molecule has 1 fully saturated rings. The maximum absolute atomic E-state index is 12.7. The van der Waals surface area contributed by atoms with Gasteiger partial charge < -0.3 is 16.2 Å². The summed E-state index contributed by atoms with van der Waals surface area (Å²) in [5.74, 6) is -1.24. The number of carbonyl (C=O) groups is 2. The Morgan fingerprint density at radius 2 is 1.95 bits per heavy atom. The third kappa shape index (κ3) is 3.24. The van der Waals surface area contributed by atoms with E-state index >= 15 is 0 Å². The minimum atomic E-state index is -1.07. The summed E-state index contributed by atoms with van der Waals surface area (Å²) in [7, 11) is 0. The second-order valence-electron chi connectivity index (χ2n) is 5.63. The van der Waals surface area contributed by atoms with E-state index in [0.29, 0.717) is 17.2 Å². The molecule has 0 saturated heterocycles. The molecule has 21 heavy (non-hydrogen) atoms. The molecule has 1 amide bonds. The largest absolute Gasteiger partial charge is 0.478 e. The molecule has 0 bridgehead atoms. The van der Waals surface area contributed by atoms with Gasteiger partial charge in [0, 0.05) is 6.54 Å². The van der Waals surface area contributed by atoms with Crippen molar-refractivity contribution in [2.24, 2.45) is 11.1 Å². The highest BCUT2D eigenvalue weighted by molar-refractivity contribution is 7.11. The van der Waals surface area contributed by atoms with Crippen LogP contribution in [0, 0.1) is 12.3 Å². The Bertz CT molecular complexity index is 534. The van der Waals surface area contributed by atoms with Gasteiger partial charge in [-0.2, -0.15) is 4.37 Å². The van der Waals surface area contributed by atoms with Gasteiger partial charge in [0.2, 0.25) is 5.91 Å². The van der Waals surface area contributed by atoms with Crippen LogP contribution in [0.25, 0.3) is 0 Å². The van der Waals surface area contributed by atoms with Crippen LogP contribution in [0.1, 0.15) is 54.6 Å². The van der Waals surface area contributed by atoms with Gasteiger partial charge in [0.15, 0.2) is 0 Å². The van der Waals surface area contributed by atoms with Crippen molar-refractivity contribution in [3.8, 4) is 0 Å². The van der Waals surface area contributed by atoms with Gasteiger partial charge in [0.25, 0.3) is 0 Å². The summed E-state index contributed by atoms with van der Waals surface area (Å²) in [6, 6.07) is 0. The molecule has 1 saturated carbocycles. The van der Waals surface area contributed by atoms with Crippen LogP contribution < -0.4 is 11.1 Å². The minimum absolute atomic E-state index is 0.0779. The van der Waals surface area contributed by atoms with Crippen LogP contribution in [-0.2, 0) is 4.79 Å². The van der Waals surface area contributed by atoms with E-state index in [2.05, 4.69) is 9.69 Å². The molecule has 0 aromatic carbocycles. The van der Waals surface area contributed by atoms with E-state index in [0.717, 1.165) is 50.1 Å². The fourth-order valence-corrected chi connectivity index (χ4v) is 3.66. The van der Waals surface area contributed by atoms with Crippen molar-refractivity contribution in [1.82, 2.24) is 4.37 Å². The molecule has 4 N–H and O–H groups in total. The lowest BCUT2D eigenvalue weighted by atomic mass is 9.79. The number of carboxylic acid groups (broad SMARTS) is 1. The van der Waals surface area contributed by atoms with Gasteiger partial charge >= 0.3 is 5.97 Å². The lowest BCUT2D eigenvalue weighted by Gasteiger charge is -2.29. The standard InChI is InChI=1S/C14H21N3O3S/c1-9-10(12(18)19)11(21-17-9)16-13(20)14(8-15)6-4-2-3-5-7-14/h2-8,15H2,1H3,(H,16,20)(H,18,19). The zero-order chi connectivity index (χ0) is 15.5. The Balaban J connectivity index is 2.21. The van der Waals surface area contributed by atoms with Crippen molar-refractivity contribution in [2.75, 3.05) is 11.9 Å². The molecule has 6 nitrogen and oxygen atoms in total. The number of aromatic carboxylic acids is 1. The average Bonchev–Trinajstić information content (AvgIpc) is 2.67. The number of hydrogen-bond donors (Lipinski definition) is 3. The van der Waals surface area contributed by atoms with Crippen molar-refractivity contribution in [3.05, 3.63) is 11.3 Å². The van der Waals surface area contributed by atoms with Crippen LogP contribution in [0.3, 0.4) is 0 Å². The highest BCUT2D eigenvalue weighted by atomic mass is 32.1. The van der Waals surface area contributed by atoms with Crippen molar-refractivity contribution in [1.29, 1.82) is 0 Å². The van der Waals surface area contributed by atoms with Crippen molar-refractivity contribution >= 4 is 28.4 Å². The lowest BCUT2D eigenvalue weighted by molar-refractivity contribution is -0.125. The molecule has 0 atom stereocenters. The van der Waals surface area contributed by atoms with E-state index < -0.39 is 11.4 Å². The number of nitrogens with one attached hydrogen (secondary N) is 1. The quantitative estimate of drug-likeness (QED) is 0.740. The van der Waals surface area contributed by atoms with E-state index in [1.807, 2.05) is 0 Å². The highest BCUT2D eigenvalue weighted by Gasteiger charge is 2.38. The summed E-state index contributed by atoms with van der Waals surface area (Å²) in [6.45, 7) is 1.92. The van der Waals surface area contributed by atoms with Gasteiger partial charge in [-0.3, -0.25) is 4.79 Å². The number of anilines is 1. The van der Waals surface area contributed by atoms with Crippen LogP contribution >= 0.6 is 11.5 Å². The molecule has 2 rings (SSSR count). The Labute approximate surface area is 127 Å². The fraction of sp³-hybridized carbons (Fsp3) is 0.643. The number of aromatic nitrogens is 1. The van der Waals surface area contributed by atoms with Crippen LogP contribution in [-0.4, -0.2) is 27.9 Å². The molecule has 0 aliphatic heterocycles. The molecule has 1 heterocycles. The predicted octanol–water partition coefficient (Wildman–Crippen LogP) is 2.39. The third-order valence-corrected chi connectivity index (χ3v) is 5.09. The summed E-state index contributed by atoms with van der Waals surface area (Å²) in [5, 5.41) is 12.3. The minimum Gasteiger partial charge on any atom is -0.478 e. The Morgan fingerprint density at radius 1 is 1.33 bits per heavy atom. The normalized spacial score (nSPS) is 18.0. The summed E-state index contributed by atoms with van der Waals surface area (Å²) in [4.78, 5) is 23.9.